The second kappa shape index (κ2) is 9.00. The van der Waals surface area contributed by atoms with Gasteiger partial charge in [-0.1, -0.05) is 44.2 Å². The largest absolute Gasteiger partial charge is 0.355 e. The van der Waals surface area contributed by atoms with Crippen molar-refractivity contribution >= 4 is 17.2 Å². The molecule has 2 rings (SSSR count). The summed E-state index contributed by atoms with van der Waals surface area (Å²) in [5, 5.41) is 8.44. The molecule has 1 aromatic carbocycles. The zero-order chi connectivity index (χ0) is 17.5. The average molecular weight is 345 g/mol. The van der Waals surface area contributed by atoms with Gasteiger partial charge in [-0.2, -0.15) is 0 Å². The predicted octanol–water partition coefficient (Wildman–Crippen LogP) is 4.15. The standard InChI is InChI=1S/C20H28N2OS/c1-5-21-20(23)15(4)22-19(18-7-6-12-24-18)17-10-8-16(9-11-17)13-14(2)3/h6-12,14-15,19,22H,5,13H2,1-4H3,(H,21,23)/t15-,19+/m0/s1. The third kappa shape index (κ3) is 5.18. The number of carbonyl (C=O) groups is 1. The van der Waals surface area contributed by atoms with Crippen LogP contribution in [0.2, 0.25) is 0 Å². The Morgan fingerprint density at radius 2 is 1.83 bits per heavy atom. The first-order chi connectivity index (χ1) is 11.5. The summed E-state index contributed by atoms with van der Waals surface area (Å²) in [6.07, 6.45) is 1.09. The number of hydrogen-bond acceptors (Lipinski definition) is 3. The van der Waals surface area contributed by atoms with Gasteiger partial charge in [0.1, 0.15) is 0 Å². The molecule has 0 saturated heterocycles. The number of carbonyl (C=O) groups excluding carboxylic acids is 1. The fourth-order valence-electron chi connectivity index (χ4n) is 2.77. The first kappa shape index (κ1) is 18.7. The van der Waals surface area contributed by atoms with Gasteiger partial charge in [0.25, 0.3) is 0 Å². The van der Waals surface area contributed by atoms with Crippen molar-refractivity contribution in [1.29, 1.82) is 0 Å². The summed E-state index contributed by atoms with van der Waals surface area (Å²) in [5.41, 5.74) is 2.55. The van der Waals surface area contributed by atoms with Gasteiger partial charge in [0.15, 0.2) is 0 Å². The van der Waals surface area contributed by atoms with Gasteiger partial charge in [-0.3, -0.25) is 10.1 Å². The lowest BCUT2D eigenvalue weighted by Crippen LogP contribution is -2.43. The van der Waals surface area contributed by atoms with E-state index in [1.165, 1.54) is 16.0 Å². The van der Waals surface area contributed by atoms with E-state index in [2.05, 4.69) is 66.3 Å². The summed E-state index contributed by atoms with van der Waals surface area (Å²) in [6.45, 7) is 8.97. The number of benzene rings is 1. The lowest BCUT2D eigenvalue weighted by molar-refractivity contribution is -0.122. The van der Waals surface area contributed by atoms with Crippen molar-refractivity contribution in [1.82, 2.24) is 10.6 Å². The minimum atomic E-state index is -0.243. The van der Waals surface area contributed by atoms with Crippen molar-refractivity contribution in [3.8, 4) is 0 Å². The van der Waals surface area contributed by atoms with Crippen LogP contribution in [-0.4, -0.2) is 18.5 Å². The van der Waals surface area contributed by atoms with Gasteiger partial charge in [0.05, 0.1) is 12.1 Å². The molecule has 1 heterocycles. The highest BCUT2D eigenvalue weighted by Gasteiger charge is 2.21. The van der Waals surface area contributed by atoms with Crippen LogP contribution in [0.25, 0.3) is 0 Å². The van der Waals surface area contributed by atoms with Crippen LogP contribution in [0.5, 0.6) is 0 Å². The number of rotatable bonds is 8. The Morgan fingerprint density at radius 3 is 2.38 bits per heavy atom. The van der Waals surface area contributed by atoms with E-state index in [0.717, 1.165) is 6.42 Å². The maximum Gasteiger partial charge on any atom is 0.236 e. The molecule has 2 atom stereocenters. The Kier molecular flexibility index (Phi) is 7.00. The van der Waals surface area contributed by atoms with Gasteiger partial charge < -0.3 is 5.32 Å². The Morgan fingerprint density at radius 1 is 1.12 bits per heavy atom. The lowest BCUT2D eigenvalue weighted by atomic mass is 9.98. The quantitative estimate of drug-likeness (QED) is 0.755. The van der Waals surface area contributed by atoms with Crippen molar-refractivity contribution in [2.45, 2.75) is 46.2 Å². The molecular weight excluding hydrogens is 316 g/mol. The fourth-order valence-corrected chi connectivity index (χ4v) is 3.58. The number of thiophene rings is 1. The molecular formula is C20H28N2OS. The van der Waals surface area contributed by atoms with Crippen molar-refractivity contribution in [3.63, 3.8) is 0 Å². The second-order valence-corrected chi connectivity index (χ2v) is 7.55. The van der Waals surface area contributed by atoms with Gasteiger partial charge in [0, 0.05) is 11.4 Å². The molecule has 24 heavy (non-hydrogen) atoms. The van der Waals surface area contributed by atoms with Crippen molar-refractivity contribution in [3.05, 3.63) is 57.8 Å². The molecule has 2 aromatic rings. The van der Waals surface area contributed by atoms with Crippen molar-refractivity contribution in [2.24, 2.45) is 5.92 Å². The SMILES string of the molecule is CCNC(=O)[C@H](C)N[C@H](c1ccc(CC(C)C)cc1)c1cccs1. The number of hydrogen-bond donors (Lipinski definition) is 2. The molecule has 0 unspecified atom stereocenters. The maximum absolute atomic E-state index is 12.1. The molecule has 1 aromatic heterocycles. The molecule has 130 valence electrons. The number of likely N-dealkylation sites (N-methyl/N-ethyl adjacent to an activating group) is 1. The van der Waals surface area contributed by atoms with Gasteiger partial charge in [-0.25, -0.2) is 0 Å². The van der Waals surface area contributed by atoms with E-state index in [-0.39, 0.29) is 18.0 Å². The highest BCUT2D eigenvalue weighted by Crippen LogP contribution is 2.27. The molecule has 0 spiro atoms. The zero-order valence-corrected chi connectivity index (χ0v) is 15.8. The molecule has 1 amide bonds. The van der Waals surface area contributed by atoms with Crippen LogP contribution in [0.15, 0.2) is 41.8 Å². The minimum Gasteiger partial charge on any atom is -0.355 e. The number of nitrogens with one attached hydrogen (secondary N) is 2. The summed E-state index contributed by atoms with van der Waals surface area (Å²) in [6, 6.07) is 12.7. The fraction of sp³-hybridized carbons (Fsp3) is 0.450. The third-order valence-corrected chi connectivity index (χ3v) is 4.88. The molecule has 2 N–H and O–H groups in total. The van der Waals surface area contributed by atoms with Crippen molar-refractivity contribution < 1.29 is 4.79 Å². The van der Waals surface area contributed by atoms with Crippen LogP contribution in [0.3, 0.4) is 0 Å². The third-order valence-electron chi connectivity index (χ3n) is 3.95. The van der Waals surface area contributed by atoms with Crippen LogP contribution >= 0.6 is 11.3 Å². The summed E-state index contributed by atoms with van der Waals surface area (Å²) < 4.78 is 0. The highest BCUT2D eigenvalue weighted by molar-refractivity contribution is 7.10. The highest BCUT2D eigenvalue weighted by atomic mass is 32.1. The van der Waals surface area contributed by atoms with Gasteiger partial charge >= 0.3 is 0 Å². The van der Waals surface area contributed by atoms with Gasteiger partial charge in [0.2, 0.25) is 5.91 Å². The maximum atomic E-state index is 12.1. The lowest BCUT2D eigenvalue weighted by Gasteiger charge is -2.23. The predicted molar refractivity (Wildman–Crippen MR) is 102 cm³/mol. The zero-order valence-electron chi connectivity index (χ0n) is 15.0. The Hall–Kier alpha value is -1.65. The summed E-state index contributed by atoms with van der Waals surface area (Å²) in [4.78, 5) is 13.3. The first-order valence-electron chi connectivity index (χ1n) is 8.67. The summed E-state index contributed by atoms with van der Waals surface area (Å²) in [5.74, 6) is 0.690. The van der Waals surface area contributed by atoms with Crippen LogP contribution in [0.1, 0.15) is 49.7 Å². The monoisotopic (exact) mass is 344 g/mol. The van der Waals surface area contributed by atoms with E-state index in [1.54, 1.807) is 11.3 Å². The number of amides is 1. The molecule has 0 radical (unpaired) electrons. The smallest absolute Gasteiger partial charge is 0.236 e. The average Bonchev–Trinajstić information content (AvgIpc) is 3.07. The normalized spacial score (nSPS) is 13.7. The van der Waals surface area contributed by atoms with E-state index in [4.69, 9.17) is 0 Å². The molecule has 0 bridgehead atoms. The van der Waals surface area contributed by atoms with Gasteiger partial charge in [-0.15, -0.1) is 11.3 Å². The van der Waals surface area contributed by atoms with Crippen LogP contribution in [0, 0.1) is 5.92 Å². The van der Waals surface area contributed by atoms with E-state index in [9.17, 15) is 4.79 Å². The molecule has 0 saturated carbocycles. The van der Waals surface area contributed by atoms with Crippen LogP contribution < -0.4 is 10.6 Å². The van der Waals surface area contributed by atoms with Crippen LogP contribution in [-0.2, 0) is 11.2 Å². The van der Waals surface area contributed by atoms with E-state index < -0.39 is 0 Å². The molecule has 4 heteroatoms. The van der Waals surface area contributed by atoms with E-state index >= 15 is 0 Å². The second-order valence-electron chi connectivity index (χ2n) is 6.57. The molecule has 0 aliphatic carbocycles. The van der Waals surface area contributed by atoms with Crippen molar-refractivity contribution in [2.75, 3.05) is 6.54 Å². The first-order valence-corrected chi connectivity index (χ1v) is 9.55. The Labute approximate surface area is 149 Å². The molecule has 0 aliphatic rings. The summed E-state index contributed by atoms with van der Waals surface area (Å²) in [7, 11) is 0. The minimum absolute atomic E-state index is 0.0375. The Bertz CT molecular complexity index is 620. The summed E-state index contributed by atoms with van der Waals surface area (Å²) >= 11 is 1.71. The van der Waals surface area contributed by atoms with E-state index in [1.807, 2.05) is 13.8 Å². The molecule has 0 fully saturated rings. The molecule has 0 aliphatic heterocycles. The Balaban J connectivity index is 2.19. The van der Waals surface area contributed by atoms with E-state index in [0.29, 0.717) is 12.5 Å². The van der Waals surface area contributed by atoms with Gasteiger partial charge in [-0.05, 0) is 48.8 Å². The topological polar surface area (TPSA) is 41.1 Å². The van der Waals surface area contributed by atoms with Crippen LogP contribution in [0.4, 0.5) is 0 Å². The molecule has 3 nitrogen and oxygen atoms in total.